The number of carbonyl (C=O) groups excluding carboxylic acids is 4. The number of ether oxygens (including phenoxy) is 4. The van der Waals surface area contributed by atoms with Crippen molar-refractivity contribution in [1.29, 1.82) is 0 Å². The number of carbonyl (C=O) groups is 4. The number of pyridine rings is 1. The van der Waals surface area contributed by atoms with E-state index in [0.29, 0.717) is 45.3 Å². The zero-order valence-electron chi connectivity index (χ0n) is 30.1. The standard InChI is InChI=1S/C37H46N6O8S/c1-7-20-17-37(20,33(46)49-6)42-31(44)28-15-23(18-43(28)32(45)30(36(2,3)4)41-35(47)51-21-10-8-9-11-21)50-29-16-26(27-19-52-34(38)40-27)39-25-14-22(48-5)12-13-24(25)29/h7,12-14,16,19-21,23,28,30H,1,8-11,15,17-18H2,2-6H3,(H2,38,40)(H,41,47)(H,42,44)/t20?,23-,28+,30-,37-/m1/s1. The average Bonchev–Trinajstić information content (AvgIpc) is 3.52. The van der Waals surface area contributed by atoms with Crippen molar-refractivity contribution in [2.75, 3.05) is 26.5 Å². The number of methoxy groups -OCH3 is 2. The topological polar surface area (TPSA) is 184 Å². The highest BCUT2D eigenvalue weighted by molar-refractivity contribution is 7.13. The monoisotopic (exact) mass is 734 g/mol. The summed E-state index contributed by atoms with van der Waals surface area (Å²) in [6, 6.07) is 5.07. The van der Waals surface area contributed by atoms with Gasteiger partial charge in [-0.2, -0.15) is 0 Å². The molecule has 2 aliphatic carbocycles. The average molecular weight is 735 g/mol. The summed E-state index contributed by atoms with van der Waals surface area (Å²) in [5, 5.41) is 8.55. The molecule has 14 nitrogen and oxygen atoms in total. The van der Waals surface area contributed by atoms with Crippen molar-refractivity contribution in [2.24, 2.45) is 11.3 Å². The Hall–Kier alpha value is -4.92. The van der Waals surface area contributed by atoms with Gasteiger partial charge < -0.3 is 40.2 Å². The highest BCUT2D eigenvalue weighted by atomic mass is 32.1. The summed E-state index contributed by atoms with van der Waals surface area (Å²) in [6.07, 6.45) is 3.97. The SMILES string of the molecule is C=CC1C[C@]1(NC(=O)[C@@H]1C[C@@H](Oc2cc(-c3csc(N)n3)nc3cc(OC)ccc23)CN1C(=O)[C@@H](NC(=O)OC1CCCC1)C(C)(C)C)C(=O)OC. The Morgan fingerprint density at radius 2 is 1.85 bits per heavy atom. The van der Waals surface area contributed by atoms with Gasteiger partial charge in [0.25, 0.3) is 0 Å². The van der Waals surface area contributed by atoms with Crippen LogP contribution in [0.2, 0.25) is 0 Å². The van der Waals surface area contributed by atoms with Crippen LogP contribution >= 0.6 is 11.3 Å². The fraction of sp³-hybridized carbons (Fsp3) is 0.514. The number of nitrogens with two attached hydrogens (primary N) is 1. The fourth-order valence-electron chi connectivity index (χ4n) is 7.10. The first kappa shape index (κ1) is 36.9. The molecule has 1 saturated heterocycles. The van der Waals surface area contributed by atoms with Crippen molar-refractivity contribution in [3.8, 4) is 22.9 Å². The molecule has 15 heteroatoms. The van der Waals surface area contributed by atoms with E-state index in [2.05, 4.69) is 22.2 Å². The number of benzene rings is 1. The van der Waals surface area contributed by atoms with Gasteiger partial charge in [-0.05, 0) is 49.7 Å². The van der Waals surface area contributed by atoms with Crippen LogP contribution in [0.5, 0.6) is 11.5 Å². The van der Waals surface area contributed by atoms with Crippen LogP contribution in [0.3, 0.4) is 0 Å². The molecule has 1 unspecified atom stereocenters. The summed E-state index contributed by atoms with van der Waals surface area (Å²) < 4.78 is 22.8. The lowest BCUT2D eigenvalue weighted by atomic mass is 9.85. The number of nitrogens with zero attached hydrogens (tertiary/aromatic N) is 3. The van der Waals surface area contributed by atoms with Gasteiger partial charge in [0.2, 0.25) is 11.8 Å². The van der Waals surface area contributed by atoms with E-state index >= 15 is 0 Å². The number of hydrogen-bond donors (Lipinski definition) is 3. The van der Waals surface area contributed by atoms with Gasteiger partial charge >= 0.3 is 12.1 Å². The van der Waals surface area contributed by atoms with E-state index in [0.717, 1.165) is 25.7 Å². The summed E-state index contributed by atoms with van der Waals surface area (Å²) in [6.45, 7) is 9.31. The van der Waals surface area contributed by atoms with Crippen molar-refractivity contribution in [3.05, 3.63) is 42.3 Å². The van der Waals surface area contributed by atoms with E-state index in [4.69, 9.17) is 29.7 Å². The van der Waals surface area contributed by atoms with E-state index < -0.39 is 53.0 Å². The van der Waals surface area contributed by atoms with E-state index in [1.165, 1.54) is 23.3 Å². The molecule has 3 amide bonds. The Kier molecular flexibility index (Phi) is 10.4. The Bertz CT molecular complexity index is 1870. The molecule has 1 aliphatic heterocycles. The molecule has 2 aromatic heterocycles. The van der Waals surface area contributed by atoms with Crippen LogP contribution in [-0.4, -0.2) is 89.3 Å². The molecule has 4 N–H and O–H groups in total. The number of alkyl carbamates (subject to hydrolysis) is 1. The van der Waals surface area contributed by atoms with Gasteiger partial charge in [0.05, 0.1) is 32.0 Å². The first-order chi connectivity index (χ1) is 24.8. The number of esters is 1. The minimum Gasteiger partial charge on any atom is -0.497 e. The fourth-order valence-corrected chi connectivity index (χ4v) is 7.66. The normalized spacial score (nSPS) is 23.5. The lowest BCUT2D eigenvalue weighted by Gasteiger charge is -2.35. The smallest absolute Gasteiger partial charge is 0.408 e. The molecule has 52 heavy (non-hydrogen) atoms. The van der Waals surface area contributed by atoms with Crippen molar-refractivity contribution in [1.82, 2.24) is 25.5 Å². The first-order valence-corrected chi connectivity index (χ1v) is 18.3. The van der Waals surface area contributed by atoms with Gasteiger partial charge in [-0.3, -0.25) is 9.59 Å². The summed E-state index contributed by atoms with van der Waals surface area (Å²) in [5.74, 6) is -0.883. The van der Waals surface area contributed by atoms with E-state index in [1.807, 2.05) is 26.8 Å². The summed E-state index contributed by atoms with van der Waals surface area (Å²) >= 11 is 1.28. The molecule has 3 heterocycles. The number of likely N-dealkylation sites (tertiary alicyclic amines) is 1. The minimum absolute atomic E-state index is 0.0118. The number of anilines is 1. The van der Waals surface area contributed by atoms with Crippen LogP contribution in [0, 0.1) is 11.3 Å². The van der Waals surface area contributed by atoms with Crippen LogP contribution in [0.1, 0.15) is 59.3 Å². The molecule has 3 fully saturated rings. The zero-order chi connectivity index (χ0) is 37.4. The van der Waals surface area contributed by atoms with Gasteiger partial charge in [0.15, 0.2) is 5.13 Å². The summed E-state index contributed by atoms with van der Waals surface area (Å²) in [5.41, 5.74) is 5.57. The number of hydrogen-bond acceptors (Lipinski definition) is 12. The maximum atomic E-state index is 14.6. The largest absolute Gasteiger partial charge is 0.497 e. The van der Waals surface area contributed by atoms with Gasteiger partial charge in [0.1, 0.15) is 47.0 Å². The van der Waals surface area contributed by atoms with Crippen molar-refractivity contribution in [3.63, 3.8) is 0 Å². The minimum atomic E-state index is -1.28. The van der Waals surface area contributed by atoms with Gasteiger partial charge in [-0.1, -0.05) is 26.8 Å². The Labute approximate surface area is 306 Å². The second-order valence-corrected chi connectivity index (χ2v) is 15.6. The Morgan fingerprint density at radius 1 is 1.10 bits per heavy atom. The van der Waals surface area contributed by atoms with Crippen LogP contribution in [0.15, 0.2) is 42.3 Å². The highest BCUT2D eigenvalue weighted by Crippen LogP contribution is 2.46. The van der Waals surface area contributed by atoms with Crippen LogP contribution < -0.4 is 25.8 Å². The van der Waals surface area contributed by atoms with Crippen LogP contribution in [0.4, 0.5) is 9.93 Å². The molecule has 0 spiro atoms. The number of thiazole rings is 1. The third-order valence-corrected chi connectivity index (χ3v) is 10.7. The van der Waals surface area contributed by atoms with E-state index in [-0.39, 0.29) is 25.0 Å². The lowest BCUT2D eigenvalue weighted by Crippen LogP contribution is -2.59. The second-order valence-electron chi connectivity index (χ2n) is 14.7. The predicted molar refractivity (Wildman–Crippen MR) is 195 cm³/mol. The van der Waals surface area contributed by atoms with E-state index in [1.54, 1.807) is 36.8 Å². The third-order valence-electron chi connectivity index (χ3n) is 10.1. The third kappa shape index (κ3) is 7.50. The van der Waals surface area contributed by atoms with Crippen molar-refractivity contribution < 1.29 is 38.1 Å². The molecule has 6 rings (SSSR count). The second kappa shape index (κ2) is 14.6. The summed E-state index contributed by atoms with van der Waals surface area (Å²) in [7, 11) is 2.83. The Balaban J connectivity index is 1.33. The lowest BCUT2D eigenvalue weighted by molar-refractivity contribution is -0.148. The molecule has 3 aromatic rings. The molecule has 1 aromatic carbocycles. The Morgan fingerprint density at radius 3 is 2.46 bits per heavy atom. The maximum absolute atomic E-state index is 14.6. The number of aromatic nitrogens is 2. The quantitative estimate of drug-likeness (QED) is 0.185. The van der Waals surface area contributed by atoms with Gasteiger partial charge in [0, 0.05) is 35.2 Å². The number of nitrogen functional groups attached to an aromatic ring is 1. The molecule has 3 aliphatic rings. The molecule has 0 bridgehead atoms. The number of fused-ring (bicyclic) bond motifs is 1. The number of amides is 3. The molecule has 2 saturated carbocycles. The number of rotatable bonds is 11. The maximum Gasteiger partial charge on any atom is 0.408 e. The van der Waals surface area contributed by atoms with Crippen molar-refractivity contribution >= 4 is 51.2 Å². The molecule has 278 valence electrons. The molecule has 0 radical (unpaired) electrons. The predicted octanol–water partition coefficient (Wildman–Crippen LogP) is 4.61. The summed E-state index contributed by atoms with van der Waals surface area (Å²) in [4.78, 5) is 65.3. The van der Waals surface area contributed by atoms with Crippen molar-refractivity contribution in [2.45, 2.75) is 89.1 Å². The molecule has 5 atom stereocenters. The highest BCUT2D eigenvalue weighted by Gasteiger charge is 2.62. The molecular weight excluding hydrogens is 689 g/mol. The van der Waals surface area contributed by atoms with Gasteiger partial charge in [-0.25, -0.2) is 19.6 Å². The van der Waals surface area contributed by atoms with Crippen LogP contribution in [0.25, 0.3) is 22.3 Å². The first-order valence-electron chi connectivity index (χ1n) is 17.4. The number of nitrogens with one attached hydrogen (secondary N) is 2. The molecular formula is C37H46N6O8S. The zero-order valence-corrected chi connectivity index (χ0v) is 30.9. The van der Waals surface area contributed by atoms with E-state index in [9.17, 15) is 19.2 Å². The van der Waals surface area contributed by atoms with Gasteiger partial charge in [-0.15, -0.1) is 17.9 Å². The van der Waals surface area contributed by atoms with Crippen LogP contribution in [-0.2, 0) is 23.9 Å².